The lowest BCUT2D eigenvalue weighted by atomic mass is 9.88. The summed E-state index contributed by atoms with van der Waals surface area (Å²) in [4.78, 5) is 19.2. The molecule has 0 saturated heterocycles. The van der Waals surface area contributed by atoms with Crippen LogP contribution < -0.4 is 4.74 Å². The van der Waals surface area contributed by atoms with E-state index in [0.717, 1.165) is 28.1 Å². The largest absolute Gasteiger partial charge is 0.497 e. The second kappa shape index (κ2) is 9.18. The first-order valence-corrected chi connectivity index (χ1v) is 9.42. The number of nitrogens with zero attached hydrogens (tertiary/aromatic N) is 2. The summed E-state index contributed by atoms with van der Waals surface area (Å²) in [6, 6.07) is 22.0. The lowest BCUT2D eigenvalue weighted by molar-refractivity contribution is -0.130. The molecule has 0 saturated carbocycles. The van der Waals surface area contributed by atoms with Gasteiger partial charge in [-0.05, 0) is 41.8 Å². The van der Waals surface area contributed by atoms with Crippen molar-refractivity contribution in [3.8, 4) is 5.75 Å². The highest BCUT2D eigenvalue weighted by molar-refractivity contribution is 5.77. The zero-order valence-corrected chi connectivity index (χ0v) is 16.6. The highest BCUT2D eigenvalue weighted by atomic mass is 16.5. The molecule has 0 aliphatic carbocycles. The average Bonchev–Trinajstić information content (AvgIpc) is 2.74. The Kier molecular flexibility index (Phi) is 6.43. The lowest BCUT2D eigenvalue weighted by Gasteiger charge is -2.23. The number of aryl methyl sites for hydroxylation is 1. The average molecular weight is 374 g/mol. The fourth-order valence-corrected chi connectivity index (χ4v) is 3.28. The molecule has 3 rings (SSSR count). The standard InChI is InChI=1S/C24H26N2O2/c1-18-8-7-15-25-23(18)17-26(2)24(27)16-22(19-9-5-4-6-10-19)20-11-13-21(28-3)14-12-20/h4-15,22H,16-17H2,1-3H3/t22-/m1/s1. The van der Waals surface area contributed by atoms with Crippen molar-refractivity contribution in [2.75, 3.05) is 14.2 Å². The maximum Gasteiger partial charge on any atom is 0.223 e. The number of carbonyl (C=O) groups excluding carboxylic acids is 1. The van der Waals surface area contributed by atoms with Gasteiger partial charge in [-0.25, -0.2) is 0 Å². The fraction of sp³-hybridized carbons (Fsp3) is 0.250. The van der Waals surface area contributed by atoms with Crippen LogP contribution in [0.4, 0.5) is 0 Å². The van der Waals surface area contributed by atoms with Crippen LogP contribution in [0.2, 0.25) is 0 Å². The third kappa shape index (κ3) is 4.77. The molecule has 0 unspecified atom stereocenters. The van der Waals surface area contributed by atoms with Crippen LogP contribution in [0, 0.1) is 6.92 Å². The minimum Gasteiger partial charge on any atom is -0.497 e. The van der Waals surface area contributed by atoms with Gasteiger partial charge in [-0.1, -0.05) is 48.5 Å². The molecule has 0 aliphatic heterocycles. The number of ether oxygens (including phenoxy) is 1. The first-order valence-electron chi connectivity index (χ1n) is 9.42. The van der Waals surface area contributed by atoms with Crippen LogP contribution in [0.3, 0.4) is 0 Å². The van der Waals surface area contributed by atoms with Gasteiger partial charge in [0.2, 0.25) is 5.91 Å². The maximum absolute atomic E-state index is 13.0. The lowest BCUT2D eigenvalue weighted by Crippen LogP contribution is -2.28. The van der Waals surface area contributed by atoms with Gasteiger partial charge in [-0.2, -0.15) is 0 Å². The molecule has 1 amide bonds. The number of hydrogen-bond acceptors (Lipinski definition) is 3. The number of hydrogen-bond donors (Lipinski definition) is 0. The van der Waals surface area contributed by atoms with Gasteiger partial charge in [-0.15, -0.1) is 0 Å². The van der Waals surface area contributed by atoms with Gasteiger partial charge in [0.15, 0.2) is 0 Å². The predicted molar refractivity (Wildman–Crippen MR) is 111 cm³/mol. The Bertz CT molecular complexity index is 907. The number of methoxy groups -OCH3 is 1. The summed E-state index contributed by atoms with van der Waals surface area (Å²) in [5, 5.41) is 0. The molecule has 3 aromatic rings. The first-order chi connectivity index (χ1) is 13.6. The smallest absolute Gasteiger partial charge is 0.223 e. The number of amides is 1. The van der Waals surface area contributed by atoms with Crippen LogP contribution in [-0.4, -0.2) is 29.9 Å². The zero-order valence-electron chi connectivity index (χ0n) is 16.6. The fourth-order valence-electron chi connectivity index (χ4n) is 3.28. The third-order valence-electron chi connectivity index (χ3n) is 5.03. The Balaban J connectivity index is 1.80. The molecule has 144 valence electrons. The maximum atomic E-state index is 13.0. The van der Waals surface area contributed by atoms with Crippen molar-refractivity contribution in [2.24, 2.45) is 0 Å². The molecular weight excluding hydrogens is 348 g/mol. The summed E-state index contributed by atoms with van der Waals surface area (Å²) in [7, 11) is 3.49. The van der Waals surface area contributed by atoms with Crippen molar-refractivity contribution in [1.82, 2.24) is 9.88 Å². The molecule has 1 aromatic heterocycles. The molecule has 4 nitrogen and oxygen atoms in total. The molecule has 1 atom stereocenters. The van der Waals surface area contributed by atoms with E-state index >= 15 is 0 Å². The topological polar surface area (TPSA) is 42.4 Å². The first kappa shape index (κ1) is 19.6. The van der Waals surface area contributed by atoms with Crippen molar-refractivity contribution in [3.63, 3.8) is 0 Å². The van der Waals surface area contributed by atoms with Gasteiger partial charge in [0.05, 0.1) is 19.3 Å². The number of rotatable bonds is 7. The molecule has 28 heavy (non-hydrogen) atoms. The minimum absolute atomic E-state index is 0.00751. The quantitative estimate of drug-likeness (QED) is 0.608. The Morgan fingerprint density at radius 2 is 1.68 bits per heavy atom. The van der Waals surface area contributed by atoms with E-state index < -0.39 is 0 Å². The summed E-state index contributed by atoms with van der Waals surface area (Å²) < 4.78 is 5.27. The minimum atomic E-state index is -0.00751. The molecule has 2 aromatic carbocycles. The summed E-state index contributed by atoms with van der Waals surface area (Å²) in [6.07, 6.45) is 2.17. The van der Waals surface area contributed by atoms with Gasteiger partial charge in [0.1, 0.15) is 5.75 Å². The van der Waals surface area contributed by atoms with Crippen LogP contribution in [0.15, 0.2) is 72.9 Å². The summed E-state index contributed by atoms with van der Waals surface area (Å²) in [5.41, 5.74) is 4.25. The van der Waals surface area contributed by atoms with Crippen molar-refractivity contribution in [3.05, 3.63) is 95.3 Å². The van der Waals surface area contributed by atoms with Crippen molar-refractivity contribution in [2.45, 2.75) is 25.8 Å². The van der Waals surface area contributed by atoms with Crippen molar-refractivity contribution < 1.29 is 9.53 Å². The highest BCUT2D eigenvalue weighted by Crippen LogP contribution is 2.30. The number of aromatic nitrogens is 1. The highest BCUT2D eigenvalue weighted by Gasteiger charge is 2.21. The molecule has 1 heterocycles. The zero-order chi connectivity index (χ0) is 19.9. The van der Waals surface area contributed by atoms with Gasteiger partial charge in [0, 0.05) is 25.6 Å². The van der Waals surface area contributed by atoms with Gasteiger partial charge >= 0.3 is 0 Å². The van der Waals surface area contributed by atoms with Crippen LogP contribution in [0.1, 0.15) is 34.7 Å². The summed E-state index contributed by atoms with van der Waals surface area (Å²) in [6.45, 7) is 2.53. The normalized spacial score (nSPS) is 11.7. The van der Waals surface area contributed by atoms with E-state index in [0.29, 0.717) is 13.0 Å². The van der Waals surface area contributed by atoms with Crippen LogP contribution in [0.25, 0.3) is 0 Å². The summed E-state index contributed by atoms with van der Waals surface area (Å²) in [5.74, 6) is 0.895. The van der Waals surface area contributed by atoms with Crippen LogP contribution >= 0.6 is 0 Å². The van der Waals surface area contributed by atoms with Crippen LogP contribution in [0.5, 0.6) is 5.75 Å². The molecular formula is C24H26N2O2. The Morgan fingerprint density at radius 3 is 2.32 bits per heavy atom. The number of pyridine rings is 1. The van der Waals surface area contributed by atoms with E-state index in [4.69, 9.17) is 4.74 Å². The molecule has 0 radical (unpaired) electrons. The Labute approximate surface area is 166 Å². The van der Waals surface area contributed by atoms with Gasteiger partial charge < -0.3 is 9.64 Å². The van der Waals surface area contributed by atoms with Gasteiger partial charge in [-0.3, -0.25) is 9.78 Å². The molecule has 0 spiro atoms. The summed E-state index contributed by atoms with van der Waals surface area (Å²) >= 11 is 0. The molecule has 0 fully saturated rings. The Morgan fingerprint density at radius 1 is 1.00 bits per heavy atom. The SMILES string of the molecule is COc1ccc([C@H](CC(=O)N(C)Cc2ncccc2C)c2ccccc2)cc1. The number of carbonyl (C=O) groups is 1. The van der Waals surface area contributed by atoms with E-state index in [1.165, 1.54) is 0 Å². The molecule has 0 aliphatic rings. The van der Waals surface area contributed by atoms with E-state index in [1.54, 1.807) is 18.2 Å². The molecule has 4 heteroatoms. The van der Waals surface area contributed by atoms with E-state index in [-0.39, 0.29) is 11.8 Å². The molecule has 0 bridgehead atoms. The third-order valence-corrected chi connectivity index (χ3v) is 5.03. The van der Waals surface area contributed by atoms with E-state index in [9.17, 15) is 4.79 Å². The van der Waals surface area contributed by atoms with Crippen molar-refractivity contribution in [1.29, 1.82) is 0 Å². The van der Waals surface area contributed by atoms with E-state index in [2.05, 4.69) is 17.1 Å². The molecule has 0 N–H and O–H groups in total. The van der Waals surface area contributed by atoms with Crippen molar-refractivity contribution >= 4 is 5.91 Å². The monoisotopic (exact) mass is 374 g/mol. The predicted octanol–water partition coefficient (Wildman–Crippen LogP) is 4.58. The second-order valence-corrected chi connectivity index (χ2v) is 6.96. The number of benzene rings is 2. The van der Waals surface area contributed by atoms with Gasteiger partial charge in [0.25, 0.3) is 0 Å². The van der Waals surface area contributed by atoms with E-state index in [1.807, 2.05) is 68.6 Å². The Hall–Kier alpha value is -3.14. The second-order valence-electron chi connectivity index (χ2n) is 6.96. The van der Waals surface area contributed by atoms with Crippen LogP contribution in [-0.2, 0) is 11.3 Å².